The molecule has 130 valence electrons. The van der Waals surface area contributed by atoms with Crippen LogP contribution in [0.2, 0.25) is 0 Å². The molecule has 1 amide bonds. The van der Waals surface area contributed by atoms with Crippen molar-refractivity contribution in [3.05, 3.63) is 53.5 Å². The Morgan fingerprint density at radius 1 is 1.20 bits per heavy atom. The fourth-order valence-corrected chi connectivity index (χ4v) is 3.57. The van der Waals surface area contributed by atoms with Crippen LogP contribution in [0.3, 0.4) is 0 Å². The van der Waals surface area contributed by atoms with E-state index in [-0.39, 0.29) is 11.9 Å². The lowest BCUT2D eigenvalue weighted by Crippen LogP contribution is -2.37. The third-order valence-corrected chi connectivity index (χ3v) is 4.90. The zero-order chi connectivity index (χ0) is 17.1. The van der Waals surface area contributed by atoms with Crippen LogP contribution < -0.4 is 10.2 Å². The van der Waals surface area contributed by atoms with Crippen molar-refractivity contribution >= 4 is 11.7 Å². The zero-order valence-corrected chi connectivity index (χ0v) is 14.1. The highest BCUT2D eigenvalue weighted by Gasteiger charge is 2.23. The number of hydrogen-bond donors (Lipinski definition) is 1. The minimum atomic E-state index is -0.140. The van der Waals surface area contributed by atoms with Crippen molar-refractivity contribution in [1.29, 1.82) is 0 Å². The molecule has 1 aliphatic heterocycles. The normalized spacial score (nSPS) is 20.0. The first-order valence-electron chi connectivity index (χ1n) is 8.85. The number of aryl methyl sites for hydroxylation is 1. The molecular formula is C19H22N4O2. The first kappa shape index (κ1) is 16.0. The van der Waals surface area contributed by atoms with E-state index in [0.717, 1.165) is 38.2 Å². The van der Waals surface area contributed by atoms with Crippen LogP contribution in [0.5, 0.6) is 0 Å². The van der Waals surface area contributed by atoms with E-state index >= 15 is 0 Å². The van der Waals surface area contributed by atoms with Gasteiger partial charge in [-0.25, -0.2) is 9.97 Å². The van der Waals surface area contributed by atoms with Crippen LogP contribution in [-0.4, -0.2) is 42.2 Å². The summed E-state index contributed by atoms with van der Waals surface area (Å²) in [5.41, 5.74) is 2.97. The van der Waals surface area contributed by atoms with Gasteiger partial charge in [-0.15, -0.1) is 0 Å². The Kier molecular flexibility index (Phi) is 4.61. The van der Waals surface area contributed by atoms with Crippen LogP contribution in [0, 0.1) is 0 Å². The molecule has 2 heterocycles. The number of aromatic nitrogens is 2. The topological polar surface area (TPSA) is 67.4 Å². The van der Waals surface area contributed by atoms with Gasteiger partial charge in [0.1, 0.15) is 17.8 Å². The Bertz CT molecular complexity index is 759. The maximum Gasteiger partial charge on any atom is 0.270 e. The quantitative estimate of drug-likeness (QED) is 0.928. The Balaban J connectivity index is 1.50. The maximum atomic E-state index is 12.7. The number of ether oxygens (including phenoxy) is 1. The van der Waals surface area contributed by atoms with Gasteiger partial charge >= 0.3 is 0 Å². The summed E-state index contributed by atoms with van der Waals surface area (Å²) in [4.78, 5) is 23.3. The molecular weight excluding hydrogens is 316 g/mol. The third-order valence-electron chi connectivity index (χ3n) is 4.90. The number of nitrogens with zero attached hydrogens (tertiary/aromatic N) is 3. The fourth-order valence-electron chi connectivity index (χ4n) is 3.57. The molecule has 0 saturated carbocycles. The molecule has 1 atom stereocenters. The largest absolute Gasteiger partial charge is 0.378 e. The fraction of sp³-hybridized carbons (Fsp3) is 0.421. The lowest BCUT2D eigenvalue weighted by Gasteiger charge is -2.28. The number of rotatable bonds is 3. The van der Waals surface area contributed by atoms with E-state index in [4.69, 9.17) is 4.74 Å². The Morgan fingerprint density at radius 2 is 2.04 bits per heavy atom. The molecule has 25 heavy (non-hydrogen) atoms. The number of hydrogen-bond acceptors (Lipinski definition) is 5. The van der Waals surface area contributed by atoms with E-state index in [1.54, 1.807) is 6.07 Å². The summed E-state index contributed by atoms with van der Waals surface area (Å²) < 4.78 is 5.37. The molecule has 0 bridgehead atoms. The van der Waals surface area contributed by atoms with E-state index in [1.165, 1.54) is 17.5 Å². The standard InChI is InChI=1S/C19H22N4O2/c24-19(22-16-7-3-5-14-4-1-2-6-15(14)16)17-12-18(21-13-20-17)23-8-10-25-11-9-23/h1-2,4,6,12-13,16H,3,5,7-11H2,(H,22,24)/t16-/m1/s1. The SMILES string of the molecule is O=C(N[C@@H]1CCCc2ccccc21)c1cc(N2CCOCC2)ncn1. The minimum absolute atomic E-state index is 0.0549. The second-order valence-corrected chi connectivity index (χ2v) is 6.48. The number of carbonyl (C=O) groups excluding carboxylic acids is 1. The summed E-state index contributed by atoms with van der Waals surface area (Å²) in [6.45, 7) is 2.94. The van der Waals surface area contributed by atoms with Crippen LogP contribution in [-0.2, 0) is 11.2 Å². The van der Waals surface area contributed by atoms with Crippen molar-refractivity contribution in [2.45, 2.75) is 25.3 Å². The smallest absolute Gasteiger partial charge is 0.270 e. The van der Waals surface area contributed by atoms with Gasteiger partial charge in [0.15, 0.2) is 0 Å². The van der Waals surface area contributed by atoms with Gasteiger partial charge in [-0.1, -0.05) is 24.3 Å². The van der Waals surface area contributed by atoms with Crippen molar-refractivity contribution in [1.82, 2.24) is 15.3 Å². The van der Waals surface area contributed by atoms with Gasteiger partial charge in [0.25, 0.3) is 5.91 Å². The van der Waals surface area contributed by atoms with Crippen LogP contribution in [0.15, 0.2) is 36.7 Å². The summed E-state index contributed by atoms with van der Waals surface area (Å²) in [7, 11) is 0. The Labute approximate surface area is 147 Å². The molecule has 1 aromatic heterocycles. The highest BCUT2D eigenvalue weighted by molar-refractivity contribution is 5.93. The van der Waals surface area contributed by atoms with Crippen molar-refractivity contribution in [2.24, 2.45) is 0 Å². The van der Waals surface area contributed by atoms with Gasteiger partial charge in [0.2, 0.25) is 0 Å². The first-order valence-corrected chi connectivity index (χ1v) is 8.85. The number of benzene rings is 1. The van der Waals surface area contributed by atoms with Gasteiger partial charge < -0.3 is 15.0 Å². The number of morpholine rings is 1. The van der Waals surface area contributed by atoms with Gasteiger partial charge in [-0.05, 0) is 30.4 Å². The molecule has 1 aliphatic carbocycles. The summed E-state index contributed by atoms with van der Waals surface area (Å²) in [5, 5.41) is 3.15. The molecule has 6 nitrogen and oxygen atoms in total. The molecule has 1 N–H and O–H groups in total. The number of anilines is 1. The minimum Gasteiger partial charge on any atom is -0.378 e. The summed E-state index contributed by atoms with van der Waals surface area (Å²) in [6, 6.07) is 10.2. The van der Waals surface area contributed by atoms with Gasteiger partial charge in [0.05, 0.1) is 19.3 Å². The van der Waals surface area contributed by atoms with Crippen LogP contribution in [0.1, 0.15) is 40.5 Å². The number of nitrogens with one attached hydrogen (secondary N) is 1. The maximum absolute atomic E-state index is 12.7. The third kappa shape index (κ3) is 3.49. The van der Waals surface area contributed by atoms with Gasteiger partial charge in [-0.3, -0.25) is 4.79 Å². The predicted octanol–water partition coefficient (Wildman–Crippen LogP) is 2.12. The van der Waals surface area contributed by atoms with E-state index < -0.39 is 0 Å². The van der Waals surface area contributed by atoms with Crippen molar-refractivity contribution < 1.29 is 9.53 Å². The van der Waals surface area contributed by atoms with Gasteiger partial charge in [0, 0.05) is 19.2 Å². The predicted molar refractivity (Wildman–Crippen MR) is 94.7 cm³/mol. The highest BCUT2D eigenvalue weighted by atomic mass is 16.5. The molecule has 0 unspecified atom stereocenters. The highest BCUT2D eigenvalue weighted by Crippen LogP contribution is 2.29. The second kappa shape index (κ2) is 7.19. The molecule has 2 aromatic rings. The van der Waals surface area contributed by atoms with Crippen LogP contribution in [0.25, 0.3) is 0 Å². The van der Waals surface area contributed by atoms with Gasteiger partial charge in [-0.2, -0.15) is 0 Å². The second-order valence-electron chi connectivity index (χ2n) is 6.48. The molecule has 0 spiro atoms. The zero-order valence-electron chi connectivity index (χ0n) is 14.1. The number of carbonyl (C=O) groups is 1. The average Bonchev–Trinajstić information content (AvgIpc) is 2.69. The summed E-state index contributed by atoms with van der Waals surface area (Å²) in [5.74, 6) is 0.645. The van der Waals surface area contributed by atoms with Crippen LogP contribution in [0.4, 0.5) is 5.82 Å². The van der Waals surface area contributed by atoms with E-state index in [1.807, 2.05) is 6.07 Å². The van der Waals surface area contributed by atoms with E-state index in [2.05, 4.69) is 38.4 Å². The molecule has 4 rings (SSSR count). The van der Waals surface area contributed by atoms with Crippen molar-refractivity contribution in [2.75, 3.05) is 31.2 Å². The molecule has 1 fully saturated rings. The van der Waals surface area contributed by atoms with Crippen LogP contribution >= 0.6 is 0 Å². The van der Waals surface area contributed by atoms with E-state index in [9.17, 15) is 4.79 Å². The number of fused-ring (bicyclic) bond motifs is 1. The Hall–Kier alpha value is -2.47. The summed E-state index contributed by atoms with van der Waals surface area (Å²) in [6.07, 6.45) is 4.60. The van der Waals surface area contributed by atoms with Crippen molar-refractivity contribution in [3.8, 4) is 0 Å². The monoisotopic (exact) mass is 338 g/mol. The lowest BCUT2D eigenvalue weighted by molar-refractivity contribution is 0.0927. The molecule has 1 saturated heterocycles. The molecule has 6 heteroatoms. The average molecular weight is 338 g/mol. The Morgan fingerprint density at radius 3 is 2.92 bits per heavy atom. The van der Waals surface area contributed by atoms with E-state index in [0.29, 0.717) is 18.9 Å². The molecule has 1 aromatic carbocycles. The number of amides is 1. The molecule has 0 radical (unpaired) electrons. The first-order chi connectivity index (χ1) is 12.3. The summed E-state index contributed by atoms with van der Waals surface area (Å²) >= 11 is 0. The molecule has 2 aliphatic rings. The lowest BCUT2D eigenvalue weighted by atomic mass is 9.87. The van der Waals surface area contributed by atoms with Crippen molar-refractivity contribution in [3.63, 3.8) is 0 Å².